The van der Waals surface area contributed by atoms with Gasteiger partial charge in [-0.1, -0.05) is 26.0 Å². The van der Waals surface area contributed by atoms with Crippen LogP contribution in [0.3, 0.4) is 0 Å². The molecule has 31 heavy (non-hydrogen) atoms. The number of benzene rings is 2. The van der Waals surface area contributed by atoms with Crippen molar-refractivity contribution < 1.29 is 14.3 Å². The van der Waals surface area contributed by atoms with Gasteiger partial charge in [-0.3, -0.25) is 19.5 Å². The van der Waals surface area contributed by atoms with E-state index in [4.69, 9.17) is 9.47 Å². The zero-order valence-electron chi connectivity index (χ0n) is 17.8. The van der Waals surface area contributed by atoms with E-state index < -0.39 is 0 Å². The molecule has 0 saturated heterocycles. The SMILES string of the molecule is CCCOc1ccc(NC(=O)CCn2[nH]c(=O)c3ccccc3c2=O)cc1OCCC. The number of H-pyrrole nitrogens is 1. The highest BCUT2D eigenvalue weighted by molar-refractivity contribution is 5.91. The van der Waals surface area contributed by atoms with E-state index in [-0.39, 0.29) is 30.0 Å². The molecule has 1 amide bonds. The van der Waals surface area contributed by atoms with Gasteiger partial charge >= 0.3 is 0 Å². The maximum Gasteiger partial charge on any atom is 0.273 e. The maximum atomic E-state index is 12.6. The van der Waals surface area contributed by atoms with E-state index in [0.717, 1.165) is 12.8 Å². The van der Waals surface area contributed by atoms with Crippen molar-refractivity contribution in [2.75, 3.05) is 18.5 Å². The summed E-state index contributed by atoms with van der Waals surface area (Å²) in [5.74, 6) is 0.918. The number of anilines is 1. The smallest absolute Gasteiger partial charge is 0.273 e. The average Bonchev–Trinajstić information content (AvgIpc) is 2.78. The molecule has 0 atom stereocenters. The van der Waals surface area contributed by atoms with E-state index in [0.29, 0.717) is 41.2 Å². The minimum atomic E-state index is -0.365. The van der Waals surface area contributed by atoms with Crippen molar-refractivity contribution in [2.24, 2.45) is 0 Å². The van der Waals surface area contributed by atoms with Gasteiger partial charge in [-0.15, -0.1) is 0 Å². The monoisotopic (exact) mass is 425 g/mol. The average molecular weight is 425 g/mol. The van der Waals surface area contributed by atoms with E-state index in [1.54, 1.807) is 42.5 Å². The van der Waals surface area contributed by atoms with E-state index in [1.807, 2.05) is 13.8 Å². The molecule has 0 spiro atoms. The number of nitrogens with one attached hydrogen (secondary N) is 2. The van der Waals surface area contributed by atoms with E-state index >= 15 is 0 Å². The van der Waals surface area contributed by atoms with Crippen molar-refractivity contribution in [1.29, 1.82) is 0 Å². The molecule has 3 rings (SSSR count). The summed E-state index contributed by atoms with van der Waals surface area (Å²) in [6, 6.07) is 11.8. The van der Waals surface area contributed by atoms with Crippen LogP contribution in [-0.2, 0) is 11.3 Å². The Morgan fingerprint density at radius 2 is 1.65 bits per heavy atom. The second-order valence-corrected chi connectivity index (χ2v) is 7.10. The van der Waals surface area contributed by atoms with Crippen LogP contribution in [0, 0.1) is 0 Å². The molecule has 3 aromatic rings. The summed E-state index contributed by atoms with van der Waals surface area (Å²) in [7, 11) is 0. The molecule has 0 unspecified atom stereocenters. The van der Waals surface area contributed by atoms with Crippen LogP contribution in [0.2, 0.25) is 0 Å². The summed E-state index contributed by atoms with van der Waals surface area (Å²) < 4.78 is 12.6. The highest BCUT2D eigenvalue weighted by Gasteiger charge is 2.11. The Balaban J connectivity index is 1.69. The van der Waals surface area contributed by atoms with Crippen LogP contribution < -0.4 is 25.9 Å². The predicted octanol–water partition coefficient (Wildman–Crippen LogP) is 3.30. The summed E-state index contributed by atoms with van der Waals surface area (Å²) in [5, 5.41) is 5.99. The van der Waals surface area contributed by atoms with E-state index in [9.17, 15) is 14.4 Å². The molecule has 2 aromatic carbocycles. The number of hydrogen-bond acceptors (Lipinski definition) is 5. The molecular formula is C23H27N3O5. The number of carbonyl (C=O) groups is 1. The Labute approximate surface area is 179 Å². The minimum absolute atomic E-state index is 0.0213. The summed E-state index contributed by atoms with van der Waals surface area (Å²) in [4.78, 5) is 37.2. The van der Waals surface area contributed by atoms with Gasteiger partial charge in [-0.05, 0) is 37.1 Å². The van der Waals surface area contributed by atoms with Crippen LogP contribution in [0.5, 0.6) is 11.5 Å². The molecule has 0 saturated carbocycles. The number of rotatable bonds is 10. The van der Waals surface area contributed by atoms with Gasteiger partial charge in [0.1, 0.15) is 0 Å². The Kier molecular flexibility index (Phi) is 7.48. The van der Waals surface area contributed by atoms with Crippen LogP contribution in [0.4, 0.5) is 5.69 Å². The lowest BCUT2D eigenvalue weighted by Crippen LogP contribution is -2.31. The second kappa shape index (κ2) is 10.5. The number of aromatic amines is 1. The first kappa shape index (κ1) is 22.1. The van der Waals surface area contributed by atoms with Gasteiger partial charge in [0, 0.05) is 18.2 Å². The van der Waals surface area contributed by atoms with Crippen molar-refractivity contribution in [3.05, 3.63) is 63.2 Å². The van der Waals surface area contributed by atoms with Gasteiger partial charge in [0.15, 0.2) is 11.5 Å². The number of hydrogen-bond donors (Lipinski definition) is 2. The molecular weight excluding hydrogens is 398 g/mol. The molecule has 1 heterocycles. The van der Waals surface area contributed by atoms with Crippen molar-refractivity contribution >= 4 is 22.4 Å². The standard InChI is InChI=1S/C23H27N3O5/c1-3-13-30-19-10-9-16(15-20(19)31-14-4-2)24-21(27)11-12-26-23(29)18-8-6-5-7-17(18)22(28)25-26/h5-10,15H,3-4,11-14H2,1-2H3,(H,24,27)(H,25,28). The first-order chi connectivity index (χ1) is 15.0. The van der Waals surface area contributed by atoms with Crippen LogP contribution in [0.1, 0.15) is 33.1 Å². The quantitative estimate of drug-likeness (QED) is 0.519. The van der Waals surface area contributed by atoms with Gasteiger partial charge in [0.2, 0.25) is 5.91 Å². The molecule has 164 valence electrons. The lowest BCUT2D eigenvalue weighted by Gasteiger charge is -2.14. The molecule has 0 fully saturated rings. The summed E-state index contributed by atoms with van der Waals surface area (Å²) in [5.41, 5.74) is -0.133. The third-order valence-electron chi connectivity index (χ3n) is 4.60. The van der Waals surface area contributed by atoms with Gasteiger partial charge < -0.3 is 14.8 Å². The van der Waals surface area contributed by atoms with E-state index in [1.165, 1.54) is 4.68 Å². The molecule has 0 radical (unpaired) electrons. The first-order valence-electron chi connectivity index (χ1n) is 10.4. The minimum Gasteiger partial charge on any atom is -0.490 e. The number of aryl methyl sites for hydroxylation is 1. The largest absolute Gasteiger partial charge is 0.490 e. The van der Waals surface area contributed by atoms with Gasteiger partial charge in [0.05, 0.1) is 30.5 Å². The number of amides is 1. The molecule has 2 N–H and O–H groups in total. The zero-order valence-corrected chi connectivity index (χ0v) is 17.8. The lowest BCUT2D eigenvalue weighted by molar-refractivity contribution is -0.116. The topological polar surface area (TPSA) is 102 Å². The Hall–Kier alpha value is -3.55. The number of nitrogens with zero attached hydrogens (tertiary/aromatic N) is 1. The summed E-state index contributed by atoms with van der Waals surface area (Å²) >= 11 is 0. The van der Waals surface area contributed by atoms with Crippen LogP contribution in [0.25, 0.3) is 10.8 Å². The van der Waals surface area contributed by atoms with Crippen molar-refractivity contribution in [2.45, 2.75) is 39.7 Å². The fourth-order valence-corrected chi connectivity index (χ4v) is 3.08. The van der Waals surface area contributed by atoms with Crippen molar-refractivity contribution in [1.82, 2.24) is 9.78 Å². The number of ether oxygens (including phenoxy) is 2. The third kappa shape index (κ3) is 5.53. The van der Waals surface area contributed by atoms with E-state index in [2.05, 4.69) is 10.4 Å². The normalized spacial score (nSPS) is 10.8. The Morgan fingerprint density at radius 3 is 2.35 bits per heavy atom. The van der Waals surface area contributed by atoms with Crippen LogP contribution in [0.15, 0.2) is 52.1 Å². The highest BCUT2D eigenvalue weighted by atomic mass is 16.5. The number of fused-ring (bicyclic) bond motifs is 1. The lowest BCUT2D eigenvalue weighted by atomic mass is 10.2. The number of aromatic nitrogens is 2. The van der Waals surface area contributed by atoms with Crippen molar-refractivity contribution in [3.63, 3.8) is 0 Å². The highest BCUT2D eigenvalue weighted by Crippen LogP contribution is 2.31. The molecule has 8 heteroatoms. The first-order valence-corrected chi connectivity index (χ1v) is 10.4. The van der Waals surface area contributed by atoms with Crippen LogP contribution in [-0.4, -0.2) is 28.9 Å². The second-order valence-electron chi connectivity index (χ2n) is 7.10. The molecule has 0 aliphatic rings. The van der Waals surface area contributed by atoms with Gasteiger partial charge in [-0.25, -0.2) is 4.68 Å². The van der Waals surface area contributed by atoms with Crippen molar-refractivity contribution in [3.8, 4) is 11.5 Å². The predicted molar refractivity (Wildman–Crippen MR) is 120 cm³/mol. The Bertz CT molecular complexity index is 1170. The molecule has 8 nitrogen and oxygen atoms in total. The van der Waals surface area contributed by atoms with Gasteiger partial charge in [-0.2, -0.15) is 0 Å². The maximum absolute atomic E-state index is 12.6. The molecule has 1 aromatic heterocycles. The Morgan fingerprint density at radius 1 is 0.968 bits per heavy atom. The third-order valence-corrected chi connectivity index (χ3v) is 4.60. The fraction of sp³-hybridized carbons (Fsp3) is 0.348. The molecule has 0 aliphatic heterocycles. The fourth-order valence-electron chi connectivity index (χ4n) is 3.08. The summed E-state index contributed by atoms with van der Waals surface area (Å²) in [6.45, 7) is 5.21. The number of carbonyl (C=O) groups excluding carboxylic acids is 1. The molecule has 0 bridgehead atoms. The summed E-state index contributed by atoms with van der Waals surface area (Å²) in [6.07, 6.45) is 1.75. The zero-order chi connectivity index (χ0) is 22.2. The van der Waals surface area contributed by atoms with Gasteiger partial charge in [0.25, 0.3) is 11.1 Å². The van der Waals surface area contributed by atoms with Crippen LogP contribution >= 0.6 is 0 Å². The molecule has 0 aliphatic carbocycles.